The molecule has 18 heavy (non-hydrogen) atoms. The van der Waals surface area contributed by atoms with Crippen molar-refractivity contribution < 1.29 is 14.6 Å². The molecule has 0 fully saturated rings. The summed E-state index contributed by atoms with van der Waals surface area (Å²) in [5.74, 6) is -0.472. The van der Waals surface area contributed by atoms with Gasteiger partial charge in [-0.25, -0.2) is 4.79 Å². The topological polar surface area (TPSA) is 59.4 Å². The van der Waals surface area contributed by atoms with Gasteiger partial charge in [0.15, 0.2) is 0 Å². The SMILES string of the molecule is Cc1ccc(Oc2ccncc2C(=O)O)c(Cl)c1. The molecule has 1 N–H and O–H groups in total. The normalized spacial score (nSPS) is 10.1. The molecule has 0 amide bonds. The van der Waals surface area contributed by atoms with Gasteiger partial charge in [-0.2, -0.15) is 0 Å². The van der Waals surface area contributed by atoms with Crippen LogP contribution in [0.2, 0.25) is 5.02 Å². The van der Waals surface area contributed by atoms with Crippen molar-refractivity contribution in [3.63, 3.8) is 0 Å². The Balaban J connectivity index is 2.37. The first-order chi connectivity index (χ1) is 8.58. The fraction of sp³-hybridized carbons (Fsp3) is 0.0769. The molecule has 1 heterocycles. The number of halogens is 1. The highest BCUT2D eigenvalue weighted by Crippen LogP contribution is 2.31. The maximum absolute atomic E-state index is 11.0. The zero-order valence-electron chi connectivity index (χ0n) is 9.55. The van der Waals surface area contributed by atoms with E-state index in [1.165, 1.54) is 18.5 Å². The summed E-state index contributed by atoms with van der Waals surface area (Å²) in [5, 5.41) is 9.44. The third kappa shape index (κ3) is 2.60. The number of nitrogens with zero attached hydrogens (tertiary/aromatic N) is 1. The fourth-order valence-corrected chi connectivity index (χ4v) is 1.71. The van der Waals surface area contributed by atoms with E-state index in [-0.39, 0.29) is 11.3 Å². The van der Waals surface area contributed by atoms with Gasteiger partial charge in [0, 0.05) is 18.5 Å². The number of ether oxygens (including phenoxy) is 1. The summed E-state index contributed by atoms with van der Waals surface area (Å²) in [5.41, 5.74) is 0.995. The molecule has 1 aromatic heterocycles. The molecule has 4 nitrogen and oxygen atoms in total. The maximum Gasteiger partial charge on any atom is 0.341 e. The van der Waals surface area contributed by atoms with E-state index in [9.17, 15) is 4.79 Å². The van der Waals surface area contributed by atoms with E-state index in [1.807, 2.05) is 13.0 Å². The van der Waals surface area contributed by atoms with Crippen molar-refractivity contribution in [2.75, 3.05) is 0 Å². The molecule has 5 heteroatoms. The van der Waals surface area contributed by atoms with Crippen LogP contribution >= 0.6 is 11.6 Å². The number of carboxylic acids is 1. The number of aromatic carboxylic acids is 1. The summed E-state index contributed by atoms with van der Waals surface area (Å²) < 4.78 is 5.50. The molecule has 0 spiro atoms. The first-order valence-electron chi connectivity index (χ1n) is 5.19. The van der Waals surface area contributed by atoms with Crippen LogP contribution < -0.4 is 4.74 Å². The van der Waals surface area contributed by atoms with Crippen molar-refractivity contribution in [3.05, 3.63) is 52.8 Å². The third-order valence-corrected chi connectivity index (χ3v) is 2.61. The summed E-state index contributed by atoms with van der Waals surface area (Å²) in [6.45, 7) is 1.91. The van der Waals surface area contributed by atoms with Gasteiger partial charge < -0.3 is 9.84 Å². The first-order valence-corrected chi connectivity index (χ1v) is 5.57. The predicted octanol–water partition coefficient (Wildman–Crippen LogP) is 3.53. The van der Waals surface area contributed by atoms with Gasteiger partial charge in [0.2, 0.25) is 0 Å². The molecule has 0 radical (unpaired) electrons. The number of carbonyl (C=O) groups is 1. The second-order valence-electron chi connectivity index (χ2n) is 3.71. The van der Waals surface area contributed by atoms with E-state index in [4.69, 9.17) is 21.4 Å². The van der Waals surface area contributed by atoms with Gasteiger partial charge in [0.1, 0.15) is 17.1 Å². The molecule has 2 aromatic rings. The summed E-state index contributed by atoms with van der Waals surface area (Å²) in [7, 11) is 0. The van der Waals surface area contributed by atoms with E-state index >= 15 is 0 Å². The molecule has 2 rings (SSSR count). The van der Waals surface area contributed by atoms with Gasteiger partial charge in [-0.15, -0.1) is 0 Å². The Morgan fingerprint density at radius 1 is 1.33 bits per heavy atom. The number of aromatic nitrogens is 1. The van der Waals surface area contributed by atoms with Crippen LogP contribution in [0.25, 0.3) is 0 Å². The Morgan fingerprint density at radius 2 is 2.11 bits per heavy atom. The van der Waals surface area contributed by atoms with Crippen LogP contribution in [0.3, 0.4) is 0 Å². The van der Waals surface area contributed by atoms with Crippen LogP contribution in [0, 0.1) is 6.92 Å². The van der Waals surface area contributed by atoms with Crippen molar-refractivity contribution in [2.24, 2.45) is 0 Å². The standard InChI is InChI=1S/C13H10ClNO3/c1-8-2-3-12(10(14)6-8)18-11-4-5-15-7-9(11)13(16)17/h2-7H,1H3,(H,16,17). The summed E-state index contributed by atoms with van der Waals surface area (Å²) in [6.07, 6.45) is 2.70. The molecular formula is C13H10ClNO3. The highest BCUT2D eigenvalue weighted by atomic mass is 35.5. The first kappa shape index (κ1) is 12.4. The number of carboxylic acid groups (broad SMARTS) is 1. The molecule has 0 unspecified atom stereocenters. The Kier molecular flexibility index (Phi) is 3.48. The van der Waals surface area contributed by atoms with Crippen molar-refractivity contribution in [1.29, 1.82) is 0 Å². The Bertz CT molecular complexity index is 599. The van der Waals surface area contributed by atoms with Crippen molar-refractivity contribution >= 4 is 17.6 Å². The number of hydrogen-bond donors (Lipinski definition) is 1. The molecule has 0 saturated carbocycles. The second-order valence-corrected chi connectivity index (χ2v) is 4.12. The molecule has 0 bridgehead atoms. The predicted molar refractivity (Wildman–Crippen MR) is 67.5 cm³/mol. The monoisotopic (exact) mass is 263 g/mol. The van der Waals surface area contributed by atoms with Crippen LogP contribution in [0.5, 0.6) is 11.5 Å². The van der Waals surface area contributed by atoms with E-state index in [2.05, 4.69) is 4.98 Å². The van der Waals surface area contributed by atoms with E-state index < -0.39 is 5.97 Å². The number of hydrogen-bond acceptors (Lipinski definition) is 3. The van der Waals surface area contributed by atoms with Crippen molar-refractivity contribution in [3.8, 4) is 11.5 Å². The van der Waals surface area contributed by atoms with Gasteiger partial charge in [-0.05, 0) is 24.6 Å². The van der Waals surface area contributed by atoms with E-state index in [0.29, 0.717) is 10.8 Å². The van der Waals surface area contributed by atoms with Crippen LogP contribution in [-0.4, -0.2) is 16.1 Å². The summed E-state index contributed by atoms with van der Waals surface area (Å²) >= 11 is 6.02. The lowest BCUT2D eigenvalue weighted by molar-refractivity contribution is 0.0693. The van der Waals surface area contributed by atoms with Crippen LogP contribution in [-0.2, 0) is 0 Å². The molecule has 0 atom stereocenters. The largest absolute Gasteiger partial charge is 0.477 e. The summed E-state index contributed by atoms with van der Waals surface area (Å²) in [6, 6.07) is 6.77. The van der Waals surface area contributed by atoms with Crippen molar-refractivity contribution in [1.82, 2.24) is 4.98 Å². The maximum atomic E-state index is 11.0. The molecule has 92 valence electrons. The van der Waals surface area contributed by atoms with E-state index in [1.54, 1.807) is 12.1 Å². The van der Waals surface area contributed by atoms with Gasteiger partial charge in [-0.3, -0.25) is 4.98 Å². The lowest BCUT2D eigenvalue weighted by Gasteiger charge is -2.09. The van der Waals surface area contributed by atoms with Crippen LogP contribution in [0.15, 0.2) is 36.7 Å². The summed E-state index contributed by atoms with van der Waals surface area (Å²) in [4.78, 5) is 14.7. The van der Waals surface area contributed by atoms with Crippen LogP contribution in [0.1, 0.15) is 15.9 Å². The zero-order chi connectivity index (χ0) is 13.1. The Morgan fingerprint density at radius 3 is 2.78 bits per heavy atom. The minimum atomic E-state index is -1.10. The van der Waals surface area contributed by atoms with Gasteiger partial charge >= 0.3 is 5.97 Å². The van der Waals surface area contributed by atoms with Crippen LogP contribution in [0.4, 0.5) is 0 Å². The molecule has 0 aliphatic rings. The quantitative estimate of drug-likeness (QED) is 0.920. The average molecular weight is 264 g/mol. The lowest BCUT2D eigenvalue weighted by atomic mass is 10.2. The third-order valence-electron chi connectivity index (χ3n) is 2.32. The highest BCUT2D eigenvalue weighted by molar-refractivity contribution is 6.32. The second kappa shape index (κ2) is 5.06. The number of benzene rings is 1. The van der Waals surface area contributed by atoms with Gasteiger partial charge in [0.05, 0.1) is 5.02 Å². The molecule has 0 saturated heterocycles. The number of rotatable bonds is 3. The zero-order valence-corrected chi connectivity index (χ0v) is 10.3. The minimum absolute atomic E-state index is 0.00542. The number of aryl methyl sites for hydroxylation is 1. The molecule has 1 aromatic carbocycles. The minimum Gasteiger partial charge on any atom is -0.477 e. The smallest absolute Gasteiger partial charge is 0.341 e. The molecule has 0 aliphatic carbocycles. The van der Waals surface area contributed by atoms with Gasteiger partial charge in [-0.1, -0.05) is 17.7 Å². The van der Waals surface area contributed by atoms with Crippen molar-refractivity contribution in [2.45, 2.75) is 6.92 Å². The molecular weight excluding hydrogens is 254 g/mol. The van der Waals surface area contributed by atoms with E-state index in [0.717, 1.165) is 5.56 Å². The molecule has 0 aliphatic heterocycles. The lowest BCUT2D eigenvalue weighted by Crippen LogP contribution is -2.00. The fourth-order valence-electron chi connectivity index (χ4n) is 1.44. The Hall–Kier alpha value is -2.07. The Labute approximate surface area is 109 Å². The highest BCUT2D eigenvalue weighted by Gasteiger charge is 2.13. The van der Waals surface area contributed by atoms with Gasteiger partial charge in [0.25, 0.3) is 0 Å². The number of pyridine rings is 1. The average Bonchev–Trinajstić information content (AvgIpc) is 2.33.